The molecule has 0 saturated carbocycles. The summed E-state index contributed by atoms with van der Waals surface area (Å²) in [5, 5.41) is 2.88. The number of nitrogens with one attached hydrogen (secondary N) is 1. The molecule has 1 aliphatic rings. The van der Waals surface area contributed by atoms with Crippen LogP contribution in [0.3, 0.4) is 0 Å². The highest BCUT2D eigenvalue weighted by Crippen LogP contribution is 2.25. The molecule has 1 atom stereocenters. The van der Waals surface area contributed by atoms with Crippen LogP contribution in [0.25, 0.3) is 0 Å². The van der Waals surface area contributed by atoms with Gasteiger partial charge in [-0.1, -0.05) is 30.3 Å². The number of sulfonamides is 1. The van der Waals surface area contributed by atoms with E-state index in [-0.39, 0.29) is 23.4 Å². The minimum absolute atomic E-state index is 0.117. The summed E-state index contributed by atoms with van der Waals surface area (Å²) in [7, 11) is -2.06. The highest BCUT2D eigenvalue weighted by Gasteiger charge is 2.25. The fourth-order valence-corrected chi connectivity index (χ4v) is 5.20. The SMILES string of the molecule is C[C@H]1c2cccn2CCN1CC(=O)Nc1ccc(S(=O)(=O)N(C)Cc2ccccc2)cc1. The maximum Gasteiger partial charge on any atom is 0.243 e. The van der Waals surface area contributed by atoms with Crippen molar-refractivity contribution in [1.29, 1.82) is 0 Å². The normalized spacial score (nSPS) is 16.7. The van der Waals surface area contributed by atoms with Crippen molar-refractivity contribution in [3.8, 4) is 0 Å². The first kappa shape index (κ1) is 22.3. The van der Waals surface area contributed by atoms with Gasteiger partial charge in [0.15, 0.2) is 0 Å². The first-order chi connectivity index (χ1) is 15.3. The molecule has 168 valence electrons. The number of rotatable bonds is 7. The summed E-state index contributed by atoms with van der Waals surface area (Å²) in [5.74, 6) is -0.117. The van der Waals surface area contributed by atoms with E-state index in [1.807, 2.05) is 36.4 Å². The van der Waals surface area contributed by atoms with Crippen molar-refractivity contribution < 1.29 is 13.2 Å². The van der Waals surface area contributed by atoms with Gasteiger partial charge in [0.1, 0.15) is 0 Å². The van der Waals surface area contributed by atoms with E-state index in [1.54, 1.807) is 19.2 Å². The van der Waals surface area contributed by atoms with Crippen LogP contribution in [0.5, 0.6) is 0 Å². The zero-order valence-electron chi connectivity index (χ0n) is 18.3. The molecule has 7 nitrogen and oxygen atoms in total. The second-order valence-corrected chi connectivity index (χ2v) is 10.1. The van der Waals surface area contributed by atoms with Crippen molar-refractivity contribution in [1.82, 2.24) is 13.8 Å². The number of aromatic nitrogens is 1. The third kappa shape index (κ3) is 4.77. The van der Waals surface area contributed by atoms with Gasteiger partial charge < -0.3 is 9.88 Å². The molecule has 2 aromatic carbocycles. The molecule has 3 aromatic rings. The summed E-state index contributed by atoms with van der Waals surface area (Å²) >= 11 is 0. The first-order valence-corrected chi connectivity index (χ1v) is 12.1. The number of fused-ring (bicyclic) bond motifs is 1. The van der Waals surface area contributed by atoms with Gasteiger partial charge in [0.05, 0.1) is 11.4 Å². The minimum atomic E-state index is -3.63. The van der Waals surface area contributed by atoms with E-state index in [1.165, 1.54) is 22.1 Å². The number of anilines is 1. The Hall–Kier alpha value is -2.94. The summed E-state index contributed by atoms with van der Waals surface area (Å²) in [4.78, 5) is 14.9. The Labute approximate surface area is 189 Å². The van der Waals surface area contributed by atoms with Crippen molar-refractivity contribution in [3.05, 3.63) is 84.2 Å². The predicted octanol–water partition coefficient (Wildman–Crippen LogP) is 3.32. The summed E-state index contributed by atoms with van der Waals surface area (Å²) in [6.07, 6.45) is 2.07. The van der Waals surface area contributed by atoms with Crippen molar-refractivity contribution in [2.75, 3.05) is 25.5 Å². The van der Waals surface area contributed by atoms with Gasteiger partial charge in [0, 0.05) is 50.3 Å². The van der Waals surface area contributed by atoms with Gasteiger partial charge in [-0.15, -0.1) is 0 Å². The van der Waals surface area contributed by atoms with Crippen molar-refractivity contribution in [2.24, 2.45) is 0 Å². The van der Waals surface area contributed by atoms with Crippen LogP contribution in [-0.4, -0.2) is 48.2 Å². The number of hydrogen-bond donors (Lipinski definition) is 1. The molecule has 0 aliphatic carbocycles. The predicted molar refractivity (Wildman–Crippen MR) is 125 cm³/mol. The summed E-state index contributed by atoms with van der Waals surface area (Å²) in [5.41, 5.74) is 2.70. The third-order valence-corrected chi connectivity index (χ3v) is 7.73. The number of benzene rings is 2. The number of carbonyl (C=O) groups excluding carboxylic acids is 1. The smallest absolute Gasteiger partial charge is 0.243 e. The molecule has 0 saturated heterocycles. The van der Waals surface area contributed by atoms with Crippen molar-refractivity contribution >= 4 is 21.6 Å². The van der Waals surface area contributed by atoms with Crippen LogP contribution in [0.4, 0.5) is 5.69 Å². The molecule has 1 aliphatic heterocycles. The lowest BCUT2D eigenvalue weighted by molar-refractivity contribution is -0.118. The molecule has 0 unspecified atom stereocenters. The third-order valence-electron chi connectivity index (χ3n) is 5.91. The molecule has 0 fully saturated rings. The van der Waals surface area contributed by atoms with Crippen LogP contribution in [0.15, 0.2) is 77.8 Å². The standard InChI is InChI=1S/C24H28N4O3S/c1-19-23-9-6-14-27(23)15-16-28(19)18-24(29)25-21-10-12-22(13-11-21)32(30,31)26(2)17-20-7-4-3-5-8-20/h3-14,19H,15-18H2,1-2H3,(H,25,29)/t19-/m0/s1. The molecule has 32 heavy (non-hydrogen) atoms. The van der Waals surface area contributed by atoms with Crippen molar-refractivity contribution in [2.45, 2.75) is 31.0 Å². The molecular formula is C24H28N4O3S. The number of carbonyl (C=O) groups is 1. The Morgan fingerprint density at radius 3 is 2.47 bits per heavy atom. The lowest BCUT2D eigenvalue weighted by Crippen LogP contribution is -2.41. The maximum absolute atomic E-state index is 12.9. The van der Waals surface area contributed by atoms with E-state index in [2.05, 4.69) is 34.0 Å². The fraction of sp³-hybridized carbons (Fsp3) is 0.292. The molecule has 0 bridgehead atoms. The van der Waals surface area contributed by atoms with Gasteiger partial charge in [0.25, 0.3) is 0 Å². The van der Waals surface area contributed by atoms with Gasteiger partial charge in [-0.25, -0.2) is 8.42 Å². The van der Waals surface area contributed by atoms with E-state index in [0.717, 1.165) is 18.7 Å². The molecule has 4 rings (SSSR count). The van der Waals surface area contributed by atoms with Crippen LogP contribution < -0.4 is 5.32 Å². The van der Waals surface area contributed by atoms with E-state index in [9.17, 15) is 13.2 Å². The van der Waals surface area contributed by atoms with Crippen LogP contribution in [0.2, 0.25) is 0 Å². The fourth-order valence-electron chi connectivity index (χ4n) is 4.04. The summed E-state index contributed by atoms with van der Waals surface area (Å²) in [6.45, 7) is 4.35. The number of nitrogens with zero attached hydrogens (tertiary/aromatic N) is 3. The molecular weight excluding hydrogens is 424 g/mol. The van der Waals surface area contributed by atoms with Gasteiger partial charge in [-0.3, -0.25) is 9.69 Å². The Morgan fingerprint density at radius 2 is 1.75 bits per heavy atom. The van der Waals surface area contributed by atoms with E-state index in [0.29, 0.717) is 12.2 Å². The zero-order chi connectivity index (χ0) is 22.7. The van der Waals surface area contributed by atoms with Crippen LogP contribution in [-0.2, 0) is 27.9 Å². The minimum Gasteiger partial charge on any atom is -0.349 e. The van der Waals surface area contributed by atoms with Gasteiger partial charge in [-0.2, -0.15) is 4.31 Å². The summed E-state index contributed by atoms with van der Waals surface area (Å²) in [6, 6.07) is 20.1. The molecule has 1 amide bonds. The Balaban J connectivity index is 1.36. The maximum atomic E-state index is 12.9. The molecule has 8 heteroatoms. The average molecular weight is 453 g/mol. The number of amides is 1. The van der Waals surface area contributed by atoms with Crippen LogP contribution in [0.1, 0.15) is 24.2 Å². The van der Waals surface area contributed by atoms with Gasteiger partial charge in [-0.05, 0) is 48.9 Å². The molecule has 1 N–H and O–H groups in total. The van der Waals surface area contributed by atoms with Gasteiger partial charge >= 0.3 is 0 Å². The quantitative estimate of drug-likeness (QED) is 0.597. The lowest BCUT2D eigenvalue weighted by Gasteiger charge is -2.34. The topological polar surface area (TPSA) is 74.6 Å². The summed E-state index contributed by atoms with van der Waals surface area (Å²) < 4.78 is 29.3. The molecule has 1 aromatic heterocycles. The highest BCUT2D eigenvalue weighted by atomic mass is 32.2. The highest BCUT2D eigenvalue weighted by molar-refractivity contribution is 7.89. The zero-order valence-corrected chi connectivity index (χ0v) is 19.1. The molecule has 0 radical (unpaired) electrons. The second-order valence-electron chi connectivity index (χ2n) is 8.09. The van der Waals surface area contributed by atoms with Crippen LogP contribution >= 0.6 is 0 Å². The largest absolute Gasteiger partial charge is 0.349 e. The Bertz CT molecular complexity index is 1170. The van der Waals surface area contributed by atoms with E-state index in [4.69, 9.17) is 0 Å². The number of hydrogen-bond acceptors (Lipinski definition) is 4. The van der Waals surface area contributed by atoms with E-state index >= 15 is 0 Å². The Kier molecular flexibility index (Phi) is 6.45. The van der Waals surface area contributed by atoms with E-state index < -0.39 is 10.0 Å². The average Bonchev–Trinajstić information content (AvgIpc) is 3.26. The second kappa shape index (κ2) is 9.28. The Morgan fingerprint density at radius 1 is 1.03 bits per heavy atom. The van der Waals surface area contributed by atoms with Gasteiger partial charge in [0.2, 0.25) is 15.9 Å². The first-order valence-electron chi connectivity index (χ1n) is 10.6. The van der Waals surface area contributed by atoms with Crippen LogP contribution in [0, 0.1) is 0 Å². The lowest BCUT2D eigenvalue weighted by atomic mass is 10.1. The monoisotopic (exact) mass is 452 g/mol. The van der Waals surface area contributed by atoms with Crippen molar-refractivity contribution in [3.63, 3.8) is 0 Å². The molecule has 2 heterocycles. The molecule has 0 spiro atoms.